The molecule has 1 aromatic carbocycles. The van der Waals surface area contributed by atoms with E-state index in [1.165, 1.54) is 16.3 Å². The standard InChI is InChI=1S/C21H22N4O3S/c1-12-7-8-14-16(11-12)29-21(18(14)19(22)27)23-20(28)15-9-10-17(26)25(24-15)13-5-3-2-4-6-13/h2-6,12H,7-11H2,1H3,(H2,22,27)(H,23,28)/t12-/m0/s1. The van der Waals surface area contributed by atoms with Gasteiger partial charge in [-0.05, 0) is 42.9 Å². The van der Waals surface area contributed by atoms with E-state index in [1.54, 1.807) is 12.1 Å². The van der Waals surface area contributed by atoms with Crippen molar-refractivity contribution in [1.29, 1.82) is 0 Å². The van der Waals surface area contributed by atoms with Gasteiger partial charge in [-0.1, -0.05) is 25.1 Å². The van der Waals surface area contributed by atoms with Gasteiger partial charge in [0.1, 0.15) is 10.7 Å². The Morgan fingerprint density at radius 3 is 2.69 bits per heavy atom. The Labute approximate surface area is 172 Å². The number of hydrogen-bond donors (Lipinski definition) is 2. The number of fused-ring (bicyclic) bond motifs is 1. The molecule has 1 aliphatic carbocycles. The van der Waals surface area contributed by atoms with Gasteiger partial charge in [-0.3, -0.25) is 14.4 Å². The van der Waals surface area contributed by atoms with Crippen molar-refractivity contribution in [2.24, 2.45) is 16.8 Å². The minimum atomic E-state index is -0.529. The molecule has 2 aliphatic rings. The van der Waals surface area contributed by atoms with Crippen molar-refractivity contribution in [2.75, 3.05) is 10.3 Å². The quantitative estimate of drug-likeness (QED) is 0.809. The van der Waals surface area contributed by atoms with Crippen molar-refractivity contribution in [3.63, 3.8) is 0 Å². The van der Waals surface area contributed by atoms with E-state index in [0.29, 0.717) is 22.2 Å². The van der Waals surface area contributed by atoms with Crippen molar-refractivity contribution in [2.45, 2.75) is 39.0 Å². The Hall–Kier alpha value is -3.00. The molecule has 1 aromatic heterocycles. The summed E-state index contributed by atoms with van der Waals surface area (Å²) in [5.74, 6) is -0.559. The number of carbonyl (C=O) groups is 3. The summed E-state index contributed by atoms with van der Waals surface area (Å²) in [6.45, 7) is 2.18. The number of rotatable bonds is 4. The van der Waals surface area contributed by atoms with E-state index in [9.17, 15) is 14.4 Å². The molecular formula is C21H22N4O3S. The van der Waals surface area contributed by atoms with Crippen LogP contribution < -0.4 is 16.1 Å². The van der Waals surface area contributed by atoms with E-state index in [2.05, 4.69) is 17.3 Å². The van der Waals surface area contributed by atoms with Crippen molar-refractivity contribution in [1.82, 2.24) is 0 Å². The summed E-state index contributed by atoms with van der Waals surface area (Å²) in [4.78, 5) is 38.3. The third-order valence-electron chi connectivity index (χ3n) is 5.28. The topological polar surface area (TPSA) is 105 Å². The van der Waals surface area contributed by atoms with Gasteiger partial charge in [0.2, 0.25) is 5.91 Å². The van der Waals surface area contributed by atoms with Crippen LogP contribution in [0.15, 0.2) is 35.4 Å². The lowest BCUT2D eigenvalue weighted by atomic mass is 9.88. The molecule has 0 radical (unpaired) electrons. The molecule has 3 amide bonds. The highest BCUT2D eigenvalue weighted by atomic mass is 32.1. The van der Waals surface area contributed by atoms with Gasteiger partial charge in [-0.25, -0.2) is 5.01 Å². The van der Waals surface area contributed by atoms with Gasteiger partial charge < -0.3 is 11.1 Å². The fourth-order valence-electron chi connectivity index (χ4n) is 3.76. The number of carbonyl (C=O) groups excluding carboxylic acids is 3. The molecule has 1 atom stereocenters. The number of thiophene rings is 1. The highest BCUT2D eigenvalue weighted by Gasteiger charge is 2.30. The fourth-order valence-corrected chi connectivity index (χ4v) is 5.17. The average Bonchev–Trinajstić information content (AvgIpc) is 3.05. The Morgan fingerprint density at radius 1 is 1.21 bits per heavy atom. The van der Waals surface area contributed by atoms with Gasteiger partial charge in [-0.15, -0.1) is 11.3 Å². The van der Waals surface area contributed by atoms with Crippen LogP contribution in [0.2, 0.25) is 0 Å². The second kappa shape index (κ2) is 7.79. The summed E-state index contributed by atoms with van der Waals surface area (Å²) in [6.07, 6.45) is 3.12. The number of primary amides is 1. The monoisotopic (exact) mass is 410 g/mol. The van der Waals surface area contributed by atoms with E-state index in [1.807, 2.05) is 18.2 Å². The molecule has 0 saturated heterocycles. The summed E-state index contributed by atoms with van der Waals surface area (Å²) < 4.78 is 0. The second-order valence-electron chi connectivity index (χ2n) is 7.46. The Morgan fingerprint density at radius 2 is 1.97 bits per heavy atom. The summed E-state index contributed by atoms with van der Waals surface area (Å²) >= 11 is 1.42. The van der Waals surface area contributed by atoms with Crippen molar-refractivity contribution >= 4 is 45.5 Å². The molecule has 0 spiro atoms. The molecule has 2 aromatic rings. The number of anilines is 2. The van der Waals surface area contributed by atoms with Gasteiger partial charge in [-0.2, -0.15) is 5.10 Å². The van der Waals surface area contributed by atoms with E-state index < -0.39 is 11.8 Å². The van der Waals surface area contributed by atoms with Crippen LogP contribution in [-0.2, 0) is 22.4 Å². The molecule has 4 rings (SSSR count). The number of para-hydroxylation sites is 1. The van der Waals surface area contributed by atoms with Crippen LogP contribution in [0.1, 0.15) is 47.0 Å². The van der Waals surface area contributed by atoms with Crippen LogP contribution in [0, 0.1) is 5.92 Å². The molecule has 150 valence electrons. The lowest BCUT2D eigenvalue weighted by molar-refractivity contribution is -0.118. The Balaban J connectivity index is 1.61. The summed E-state index contributed by atoms with van der Waals surface area (Å²) in [6, 6.07) is 9.00. The average molecular weight is 410 g/mol. The molecular weight excluding hydrogens is 388 g/mol. The van der Waals surface area contributed by atoms with Crippen LogP contribution >= 0.6 is 11.3 Å². The zero-order chi connectivity index (χ0) is 20.5. The number of benzene rings is 1. The molecule has 0 unspecified atom stereocenters. The predicted octanol–water partition coefficient (Wildman–Crippen LogP) is 3.09. The Kier molecular flexibility index (Phi) is 5.19. The first-order valence-electron chi connectivity index (χ1n) is 9.65. The summed E-state index contributed by atoms with van der Waals surface area (Å²) in [5.41, 5.74) is 7.86. The molecule has 3 N–H and O–H groups in total. The van der Waals surface area contributed by atoms with Gasteiger partial charge >= 0.3 is 0 Å². The summed E-state index contributed by atoms with van der Waals surface area (Å²) in [7, 11) is 0. The first-order valence-corrected chi connectivity index (χ1v) is 10.5. The lowest BCUT2D eigenvalue weighted by Crippen LogP contribution is -2.36. The molecule has 8 heteroatoms. The van der Waals surface area contributed by atoms with Crippen molar-refractivity contribution in [3.8, 4) is 0 Å². The smallest absolute Gasteiger partial charge is 0.272 e. The maximum Gasteiger partial charge on any atom is 0.272 e. The third-order valence-corrected chi connectivity index (χ3v) is 6.45. The molecule has 1 aliphatic heterocycles. The van der Waals surface area contributed by atoms with Crippen LogP contribution in [0.25, 0.3) is 0 Å². The first-order chi connectivity index (χ1) is 13.9. The zero-order valence-corrected chi connectivity index (χ0v) is 16.9. The number of nitrogens with one attached hydrogen (secondary N) is 1. The maximum atomic E-state index is 12.9. The highest BCUT2D eigenvalue weighted by Crippen LogP contribution is 2.39. The molecule has 0 bridgehead atoms. The van der Waals surface area contributed by atoms with Crippen molar-refractivity contribution in [3.05, 3.63) is 46.3 Å². The number of hydrogen-bond acceptors (Lipinski definition) is 5. The van der Waals surface area contributed by atoms with Crippen LogP contribution in [-0.4, -0.2) is 23.4 Å². The molecule has 29 heavy (non-hydrogen) atoms. The second-order valence-corrected chi connectivity index (χ2v) is 8.57. The normalized spacial score (nSPS) is 18.8. The van der Waals surface area contributed by atoms with Gasteiger partial charge in [0.05, 0.1) is 11.3 Å². The van der Waals surface area contributed by atoms with Crippen LogP contribution in [0.3, 0.4) is 0 Å². The molecule has 7 nitrogen and oxygen atoms in total. The largest absolute Gasteiger partial charge is 0.365 e. The number of hydrazone groups is 1. The minimum Gasteiger partial charge on any atom is -0.365 e. The van der Waals surface area contributed by atoms with Gasteiger partial charge in [0.15, 0.2) is 0 Å². The van der Waals surface area contributed by atoms with Gasteiger partial charge in [0.25, 0.3) is 11.8 Å². The number of amides is 3. The SMILES string of the molecule is C[C@H]1CCc2c(sc(NC(=O)C3=NN(c4ccccc4)C(=O)CC3)c2C(N)=O)C1. The molecule has 2 heterocycles. The van der Waals surface area contributed by atoms with E-state index >= 15 is 0 Å². The van der Waals surface area contributed by atoms with Crippen LogP contribution in [0.5, 0.6) is 0 Å². The van der Waals surface area contributed by atoms with E-state index in [-0.39, 0.29) is 24.5 Å². The zero-order valence-electron chi connectivity index (χ0n) is 16.1. The first kappa shape index (κ1) is 19.3. The highest BCUT2D eigenvalue weighted by molar-refractivity contribution is 7.17. The van der Waals surface area contributed by atoms with Gasteiger partial charge in [0, 0.05) is 17.7 Å². The summed E-state index contributed by atoms with van der Waals surface area (Å²) in [5, 5.41) is 8.84. The van der Waals surface area contributed by atoms with E-state index in [0.717, 1.165) is 29.7 Å². The molecule has 0 saturated carbocycles. The maximum absolute atomic E-state index is 12.9. The molecule has 0 fully saturated rings. The number of nitrogens with zero attached hydrogens (tertiary/aromatic N) is 2. The van der Waals surface area contributed by atoms with Crippen molar-refractivity contribution < 1.29 is 14.4 Å². The lowest BCUT2D eigenvalue weighted by Gasteiger charge is -2.23. The predicted molar refractivity (Wildman–Crippen MR) is 113 cm³/mol. The Bertz CT molecular complexity index is 1010. The van der Waals surface area contributed by atoms with E-state index in [4.69, 9.17) is 5.73 Å². The third kappa shape index (κ3) is 3.80. The fraction of sp³-hybridized carbons (Fsp3) is 0.333. The minimum absolute atomic E-state index is 0.161. The van der Waals surface area contributed by atoms with Crippen LogP contribution in [0.4, 0.5) is 10.7 Å². The number of nitrogens with two attached hydrogens (primary N) is 1.